The molecule has 0 N–H and O–H groups in total. The zero-order valence-corrected chi connectivity index (χ0v) is 19.7. The van der Waals surface area contributed by atoms with Crippen molar-refractivity contribution in [3.8, 4) is 0 Å². The number of hydrogen-bond donors (Lipinski definition) is 0. The molecule has 2 heteroatoms. The van der Waals surface area contributed by atoms with Crippen molar-refractivity contribution >= 4 is 38.6 Å². The van der Waals surface area contributed by atoms with Gasteiger partial charge < -0.3 is 4.90 Å². The molecule has 1 spiro atoms. The van der Waals surface area contributed by atoms with Gasteiger partial charge in [-0.25, -0.2) is 0 Å². The summed E-state index contributed by atoms with van der Waals surface area (Å²) in [6, 6.07) is 37.7. The van der Waals surface area contributed by atoms with Crippen LogP contribution >= 0.6 is 15.9 Å². The first kappa shape index (κ1) is 19.1. The van der Waals surface area contributed by atoms with E-state index in [-0.39, 0.29) is 5.41 Å². The van der Waals surface area contributed by atoms with Gasteiger partial charge in [0.05, 0.1) is 16.8 Å². The summed E-state index contributed by atoms with van der Waals surface area (Å²) in [5.41, 5.74) is 11.7. The summed E-state index contributed by atoms with van der Waals surface area (Å²) >= 11 is 3.86. The molecule has 4 aromatic carbocycles. The number of rotatable bonds is 1. The lowest BCUT2D eigenvalue weighted by Gasteiger charge is -2.45. The molecule has 7 rings (SSSR count). The normalized spacial score (nSPS) is 19.2. The molecule has 1 atom stereocenters. The van der Waals surface area contributed by atoms with Crippen molar-refractivity contribution in [2.45, 2.75) is 16.7 Å². The lowest BCUT2D eigenvalue weighted by molar-refractivity contribution is 0.742. The Balaban J connectivity index is 1.64. The van der Waals surface area contributed by atoms with Gasteiger partial charge in [-0.2, -0.15) is 0 Å². The number of halogens is 1. The van der Waals surface area contributed by atoms with Crippen LogP contribution in [-0.4, -0.2) is 4.83 Å². The monoisotopic (exact) mass is 487 g/mol. The summed E-state index contributed by atoms with van der Waals surface area (Å²) in [6.45, 7) is 0. The highest BCUT2D eigenvalue weighted by Crippen LogP contribution is 2.63. The largest absolute Gasteiger partial charge is 0.310 e. The smallest absolute Gasteiger partial charge is 0.0750 e. The van der Waals surface area contributed by atoms with Gasteiger partial charge in [-0.15, -0.1) is 0 Å². The molecule has 1 heterocycles. The van der Waals surface area contributed by atoms with Gasteiger partial charge in [0.2, 0.25) is 0 Å². The first-order valence-corrected chi connectivity index (χ1v) is 12.4. The molecule has 1 aliphatic heterocycles. The number of anilines is 3. The van der Waals surface area contributed by atoms with Crippen molar-refractivity contribution < 1.29 is 0 Å². The number of fused-ring (bicyclic) bond motifs is 8. The lowest BCUT2D eigenvalue weighted by atomic mass is 9.63. The van der Waals surface area contributed by atoms with Crippen molar-refractivity contribution in [3.05, 3.63) is 143 Å². The Morgan fingerprint density at radius 2 is 1.24 bits per heavy atom. The minimum Gasteiger partial charge on any atom is -0.310 e. The molecule has 3 aliphatic rings. The van der Waals surface area contributed by atoms with Crippen molar-refractivity contribution in [3.63, 3.8) is 0 Å². The predicted octanol–water partition coefficient (Wildman–Crippen LogP) is 8.29. The average Bonchev–Trinajstić information content (AvgIpc) is 3.15. The third-order valence-electron chi connectivity index (χ3n) is 7.37. The Morgan fingerprint density at radius 1 is 0.667 bits per heavy atom. The van der Waals surface area contributed by atoms with Crippen molar-refractivity contribution in [1.29, 1.82) is 0 Å². The topological polar surface area (TPSA) is 3.24 Å². The van der Waals surface area contributed by atoms with Crippen LogP contribution < -0.4 is 4.90 Å². The Hall–Kier alpha value is -3.36. The molecule has 0 saturated heterocycles. The highest BCUT2D eigenvalue weighted by atomic mass is 79.9. The zero-order valence-electron chi connectivity index (χ0n) is 18.1. The van der Waals surface area contributed by atoms with Crippen LogP contribution in [0.15, 0.2) is 121 Å². The van der Waals surface area contributed by atoms with Crippen LogP contribution in [0.25, 0.3) is 5.57 Å². The fourth-order valence-corrected chi connectivity index (χ4v) is 6.66. The average molecular weight is 488 g/mol. The van der Waals surface area contributed by atoms with Gasteiger partial charge in [-0.3, -0.25) is 0 Å². The Kier molecular flexibility index (Phi) is 4.10. The van der Waals surface area contributed by atoms with E-state index in [0.717, 1.165) is 6.42 Å². The first-order valence-electron chi connectivity index (χ1n) is 11.5. The van der Waals surface area contributed by atoms with E-state index in [2.05, 4.69) is 136 Å². The molecule has 0 amide bonds. The van der Waals surface area contributed by atoms with Crippen molar-refractivity contribution in [2.75, 3.05) is 4.90 Å². The van der Waals surface area contributed by atoms with Gasteiger partial charge in [-0.05, 0) is 64.1 Å². The minimum atomic E-state index is -0.311. The van der Waals surface area contributed by atoms with Crippen LogP contribution in [0.1, 0.15) is 28.7 Å². The van der Waals surface area contributed by atoms with Crippen molar-refractivity contribution in [2.24, 2.45) is 0 Å². The summed E-state index contributed by atoms with van der Waals surface area (Å²) in [5.74, 6) is 0. The van der Waals surface area contributed by atoms with E-state index in [9.17, 15) is 0 Å². The van der Waals surface area contributed by atoms with E-state index < -0.39 is 0 Å². The van der Waals surface area contributed by atoms with E-state index in [4.69, 9.17) is 0 Å². The van der Waals surface area contributed by atoms with Gasteiger partial charge in [0.15, 0.2) is 0 Å². The quantitative estimate of drug-likeness (QED) is 0.244. The van der Waals surface area contributed by atoms with Gasteiger partial charge in [-0.1, -0.05) is 107 Å². The summed E-state index contributed by atoms with van der Waals surface area (Å²) in [5, 5.41) is 0. The number of benzene rings is 4. The summed E-state index contributed by atoms with van der Waals surface area (Å²) in [7, 11) is 0. The molecule has 0 fully saturated rings. The highest BCUT2D eigenvalue weighted by Gasteiger charge is 2.52. The SMILES string of the molecule is BrC1C=CC2=C(C1)c1ccccc1C21c2ccccc2N(c2ccccc2)c2ccccc21. The third kappa shape index (κ3) is 2.47. The summed E-state index contributed by atoms with van der Waals surface area (Å²) in [6.07, 6.45) is 5.71. The maximum atomic E-state index is 3.86. The van der Waals surface area contributed by atoms with E-state index in [1.807, 2.05) is 0 Å². The molecule has 158 valence electrons. The molecule has 4 aromatic rings. The van der Waals surface area contributed by atoms with Crippen LogP contribution in [0.4, 0.5) is 17.1 Å². The molecule has 0 radical (unpaired) electrons. The maximum absolute atomic E-state index is 3.86. The molecule has 33 heavy (non-hydrogen) atoms. The molecule has 0 aromatic heterocycles. The predicted molar refractivity (Wildman–Crippen MR) is 141 cm³/mol. The van der Waals surface area contributed by atoms with E-state index >= 15 is 0 Å². The summed E-state index contributed by atoms with van der Waals surface area (Å²) in [4.78, 5) is 2.80. The van der Waals surface area contributed by atoms with E-state index in [1.54, 1.807) is 0 Å². The highest BCUT2D eigenvalue weighted by molar-refractivity contribution is 9.09. The Morgan fingerprint density at radius 3 is 1.94 bits per heavy atom. The number of alkyl halides is 1. The molecule has 0 bridgehead atoms. The Bertz CT molecular complexity index is 1420. The number of allylic oxidation sites excluding steroid dienone is 4. The standard InChI is InChI=1S/C31H22BrN/c32-21-18-19-26-24(20-21)23-12-4-5-13-25(23)31(26)27-14-6-8-16-29(27)33(22-10-2-1-3-11-22)30-17-9-7-15-28(30)31/h1-19,21H,20H2. The zero-order chi connectivity index (χ0) is 22.0. The second-order valence-corrected chi connectivity index (χ2v) is 10.1. The molecule has 1 unspecified atom stereocenters. The molecular formula is C31H22BrN. The number of para-hydroxylation sites is 3. The minimum absolute atomic E-state index is 0.311. The van der Waals surface area contributed by atoms with Gasteiger partial charge in [0.25, 0.3) is 0 Å². The van der Waals surface area contributed by atoms with Gasteiger partial charge >= 0.3 is 0 Å². The fraction of sp³-hybridized carbons (Fsp3) is 0.0968. The Labute approximate surface area is 202 Å². The number of nitrogens with zero attached hydrogens (tertiary/aromatic N) is 1. The second-order valence-electron chi connectivity index (χ2n) is 8.97. The van der Waals surface area contributed by atoms with Gasteiger partial charge in [0, 0.05) is 10.5 Å². The first-order chi connectivity index (χ1) is 16.3. The fourth-order valence-electron chi connectivity index (χ4n) is 6.18. The van der Waals surface area contributed by atoms with E-state index in [1.165, 1.54) is 50.5 Å². The lowest BCUT2D eigenvalue weighted by Crippen LogP contribution is -2.37. The van der Waals surface area contributed by atoms with Crippen LogP contribution in [0.3, 0.4) is 0 Å². The molecule has 0 saturated carbocycles. The van der Waals surface area contributed by atoms with Crippen LogP contribution in [0.2, 0.25) is 0 Å². The third-order valence-corrected chi connectivity index (χ3v) is 8.00. The molecule has 2 aliphatic carbocycles. The maximum Gasteiger partial charge on any atom is 0.0750 e. The van der Waals surface area contributed by atoms with Crippen LogP contribution in [0.5, 0.6) is 0 Å². The van der Waals surface area contributed by atoms with Crippen LogP contribution in [-0.2, 0) is 5.41 Å². The van der Waals surface area contributed by atoms with Gasteiger partial charge in [0.1, 0.15) is 0 Å². The molecule has 1 nitrogen and oxygen atoms in total. The summed E-state index contributed by atoms with van der Waals surface area (Å²) < 4.78 is 0. The second kappa shape index (κ2) is 7.07. The van der Waals surface area contributed by atoms with Crippen molar-refractivity contribution in [1.82, 2.24) is 0 Å². The molecular weight excluding hydrogens is 466 g/mol. The van der Waals surface area contributed by atoms with E-state index in [0.29, 0.717) is 4.83 Å². The van der Waals surface area contributed by atoms with Crippen LogP contribution in [0, 0.1) is 0 Å². The number of hydrogen-bond acceptors (Lipinski definition) is 1.